The minimum atomic E-state index is -0.899. The van der Waals surface area contributed by atoms with Gasteiger partial charge in [-0.15, -0.1) is 0 Å². The number of benzene rings is 2. The molecule has 0 saturated carbocycles. The van der Waals surface area contributed by atoms with Gasteiger partial charge in [-0.1, -0.05) is 11.6 Å². The molecule has 5 nitrogen and oxygen atoms in total. The van der Waals surface area contributed by atoms with Gasteiger partial charge in [0.15, 0.2) is 17.9 Å². The predicted molar refractivity (Wildman–Crippen MR) is 74.7 cm³/mol. The van der Waals surface area contributed by atoms with E-state index in [4.69, 9.17) is 16.3 Å². The summed E-state index contributed by atoms with van der Waals surface area (Å²) in [7, 11) is 0. The van der Waals surface area contributed by atoms with Gasteiger partial charge in [0.25, 0.3) is 5.69 Å². The van der Waals surface area contributed by atoms with Crippen molar-refractivity contribution in [3.8, 4) is 11.5 Å². The van der Waals surface area contributed by atoms with E-state index in [0.717, 1.165) is 6.07 Å². The minimum absolute atomic E-state index is 0.0738. The first-order chi connectivity index (χ1) is 9.92. The Balaban J connectivity index is 2.45. The summed E-state index contributed by atoms with van der Waals surface area (Å²) in [5.41, 5.74) is 0.0856. The third-order valence-electron chi connectivity index (χ3n) is 2.77. The molecule has 0 N–H and O–H groups in total. The molecule has 2 aromatic carbocycles. The third kappa shape index (κ3) is 3.17. The summed E-state index contributed by atoms with van der Waals surface area (Å²) in [6, 6.07) is 6.26. The largest absolute Gasteiger partial charge is 0.453 e. The molecule has 0 saturated heterocycles. The summed E-state index contributed by atoms with van der Waals surface area (Å²) < 4.78 is 19.2. The number of hydrogen-bond donors (Lipinski definition) is 0. The molecule has 0 fully saturated rings. The van der Waals surface area contributed by atoms with Crippen LogP contribution in [0.1, 0.15) is 15.9 Å². The first-order valence-corrected chi connectivity index (χ1v) is 6.17. The molecule has 0 heterocycles. The van der Waals surface area contributed by atoms with Crippen molar-refractivity contribution < 1.29 is 18.8 Å². The second kappa shape index (κ2) is 5.88. The number of rotatable bonds is 4. The second-order valence-corrected chi connectivity index (χ2v) is 4.66. The molecule has 2 aromatic rings. The maximum atomic E-state index is 13.9. The highest BCUT2D eigenvalue weighted by Crippen LogP contribution is 2.32. The zero-order chi connectivity index (χ0) is 15.6. The highest BCUT2D eigenvalue weighted by molar-refractivity contribution is 6.30. The van der Waals surface area contributed by atoms with Crippen molar-refractivity contribution in [3.05, 3.63) is 62.4 Å². The molecule has 21 heavy (non-hydrogen) atoms. The van der Waals surface area contributed by atoms with Crippen LogP contribution in [0.5, 0.6) is 11.5 Å². The monoisotopic (exact) mass is 309 g/mol. The van der Waals surface area contributed by atoms with Gasteiger partial charge in [0.05, 0.1) is 16.6 Å². The number of hydrogen-bond acceptors (Lipinski definition) is 4. The van der Waals surface area contributed by atoms with Gasteiger partial charge in [-0.25, -0.2) is 4.39 Å². The van der Waals surface area contributed by atoms with E-state index >= 15 is 0 Å². The van der Waals surface area contributed by atoms with E-state index in [1.807, 2.05) is 0 Å². The SMILES string of the molecule is Cc1cc(Oc2cc(Cl)ccc2C=O)c(F)cc1[N+](=O)[O-]. The van der Waals surface area contributed by atoms with E-state index in [-0.39, 0.29) is 28.3 Å². The van der Waals surface area contributed by atoms with Crippen LogP contribution in [0, 0.1) is 22.9 Å². The molecule has 0 unspecified atom stereocenters. The maximum Gasteiger partial charge on any atom is 0.275 e. The van der Waals surface area contributed by atoms with Gasteiger partial charge in [0.2, 0.25) is 0 Å². The van der Waals surface area contributed by atoms with Crippen LogP contribution in [0.4, 0.5) is 10.1 Å². The Kier molecular flexibility index (Phi) is 4.18. The number of nitro groups is 1. The number of carbonyl (C=O) groups excluding carboxylic acids is 1. The topological polar surface area (TPSA) is 69.4 Å². The van der Waals surface area contributed by atoms with Crippen LogP contribution in [0.2, 0.25) is 5.02 Å². The fourth-order valence-electron chi connectivity index (χ4n) is 1.73. The lowest BCUT2D eigenvalue weighted by Crippen LogP contribution is -1.97. The summed E-state index contributed by atoms with van der Waals surface area (Å²) in [4.78, 5) is 21.0. The molecule has 108 valence electrons. The molecule has 0 bridgehead atoms. The van der Waals surface area contributed by atoms with Crippen LogP contribution in [0.3, 0.4) is 0 Å². The van der Waals surface area contributed by atoms with Crippen molar-refractivity contribution in [1.29, 1.82) is 0 Å². The van der Waals surface area contributed by atoms with Crippen LogP contribution in [0.25, 0.3) is 0 Å². The van der Waals surface area contributed by atoms with Gasteiger partial charge in [-0.3, -0.25) is 14.9 Å². The van der Waals surface area contributed by atoms with E-state index in [1.165, 1.54) is 31.2 Å². The molecule has 7 heteroatoms. The second-order valence-electron chi connectivity index (χ2n) is 4.23. The Morgan fingerprint density at radius 2 is 2.00 bits per heavy atom. The fourth-order valence-corrected chi connectivity index (χ4v) is 1.89. The van der Waals surface area contributed by atoms with Gasteiger partial charge >= 0.3 is 0 Å². The van der Waals surface area contributed by atoms with Crippen molar-refractivity contribution in [2.24, 2.45) is 0 Å². The van der Waals surface area contributed by atoms with Crippen LogP contribution >= 0.6 is 11.6 Å². The quantitative estimate of drug-likeness (QED) is 0.479. The molecule has 0 atom stereocenters. The number of ether oxygens (including phenoxy) is 1. The number of halogens is 2. The van der Waals surface area contributed by atoms with Gasteiger partial charge in [-0.05, 0) is 25.1 Å². The standard InChI is InChI=1S/C14H9ClFNO4/c1-8-4-14(11(16)6-12(8)17(19)20)21-13-5-10(15)3-2-9(13)7-18/h2-7H,1H3. The molecular weight excluding hydrogens is 301 g/mol. The van der Waals surface area contributed by atoms with Gasteiger partial charge in [0.1, 0.15) is 5.75 Å². The van der Waals surface area contributed by atoms with Crippen LogP contribution in [-0.2, 0) is 0 Å². The molecule has 2 rings (SSSR count). The van der Waals surface area contributed by atoms with E-state index in [1.54, 1.807) is 0 Å². The Hall–Kier alpha value is -2.47. The number of nitro benzene ring substituents is 1. The number of aryl methyl sites for hydroxylation is 1. The van der Waals surface area contributed by atoms with Crippen molar-refractivity contribution in [1.82, 2.24) is 0 Å². The number of nitrogens with zero attached hydrogens (tertiary/aromatic N) is 1. The smallest absolute Gasteiger partial charge is 0.275 e. The summed E-state index contributed by atoms with van der Waals surface area (Å²) in [5, 5.41) is 11.0. The lowest BCUT2D eigenvalue weighted by Gasteiger charge is -2.10. The Bertz CT molecular complexity index is 733. The lowest BCUT2D eigenvalue weighted by molar-refractivity contribution is -0.385. The summed E-state index contributed by atoms with van der Waals surface area (Å²) >= 11 is 5.80. The van der Waals surface area contributed by atoms with Gasteiger partial charge < -0.3 is 4.74 Å². The minimum Gasteiger partial charge on any atom is -0.453 e. The fraction of sp³-hybridized carbons (Fsp3) is 0.0714. The Morgan fingerprint density at radius 3 is 2.62 bits per heavy atom. The van der Waals surface area contributed by atoms with E-state index in [0.29, 0.717) is 11.3 Å². The summed E-state index contributed by atoms with van der Waals surface area (Å²) in [5.74, 6) is -1.04. The zero-order valence-corrected chi connectivity index (χ0v) is 11.6. The van der Waals surface area contributed by atoms with Crippen LogP contribution in [0.15, 0.2) is 30.3 Å². The van der Waals surface area contributed by atoms with Gasteiger partial charge in [-0.2, -0.15) is 0 Å². The van der Waals surface area contributed by atoms with E-state index in [2.05, 4.69) is 0 Å². The molecule has 0 amide bonds. The van der Waals surface area contributed by atoms with Crippen molar-refractivity contribution in [2.75, 3.05) is 0 Å². The van der Waals surface area contributed by atoms with Crippen LogP contribution in [-0.4, -0.2) is 11.2 Å². The number of carbonyl (C=O) groups is 1. The Morgan fingerprint density at radius 1 is 1.29 bits per heavy atom. The zero-order valence-electron chi connectivity index (χ0n) is 10.8. The lowest BCUT2D eigenvalue weighted by atomic mass is 10.2. The molecule has 0 radical (unpaired) electrons. The normalized spacial score (nSPS) is 10.2. The van der Waals surface area contributed by atoms with Crippen molar-refractivity contribution in [3.63, 3.8) is 0 Å². The number of aldehydes is 1. The van der Waals surface area contributed by atoms with E-state index in [9.17, 15) is 19.3 Å². The van der Waals surface area contributed by atoms with Crippen molar-refractivity contribution in [2.45, 2.75) is 6.92 Å². The maximum absolute atomic E-state index is 13.9. The van der Waals surface area contributed by atoms with Crippen LogP contribution < -0.4 is 4.74 Å². The first-order valence-electron chi connectivity index (χ1n) is 5.79. The highest BCUT2D eigenvalue weighted by Gasteiger charge is 2.17. The molecule has 0 aromatic heterocycles. The average Bonchev–Trinajstić information content (AvgIpc) is 2.42. The predicted octanol–water partition coefficient (Wildman–Crippen LogP) is 4.30. The Labute approximate surface area is 124 Å². The molecule has 0 aliphatic heterocycles. The molecule has 0 aliphatic rings. The molecule has 0 aliphatic carbocycles. The van der Waals surface area contributed by atoms with Gasteiger partial charge in [0, 0.05) is 16.7 Å². The summed E-state index contributed by atoms with van der Waals surface area (Å²) in [6.07, 6.45) is 0.543. The average molecular weight is 310 g/mol. The molecule has 0 spiro atoms. The molecular formula is C14H9ClFNO4. The third-order valence-corrected chi connectivity index (χ3v) is 3.00. The summed E-state index contributed by atoms with van der Waals surface area (Å²) in [6.45, 7) is 1.46. The first kappa shape index (κ1) is 14.9. The highest BCUT2D eigenvalue weighted by atomic mass is 35.5. The van der Waals surface area contributed by atoms with Crippen molar-refractivity contribution >= 4 is 23.6 Å². The van der Waals surface area contributed by atoms with E-state index < -0.39 is 10.7 Å².